The quantitative estimate of drug-likeness (QED) is 0.293. The van der Waals surface area contributed by atoms with Crippen LogP contribution in [-0.4, -0.2) is 94.9 Å². The van der Waals surface area contributed by atoms with E-state index in [9.17, 15) is 9.18 Å². The first kappa shape index (κ1) is 28.4. The zero-order valence-corrected chi connectivity index (χ0v) is 24.6. The molecule has 1 aromatic carbocycles. The second-order valence-electron chi connectivity index (χ2n) is 11.1. The van der Waals surface area contributed by atoms with Crippen LogP contribution in [0.4, 0.5) is 10.2 Å². The van der Waals surface area contributed by atoms with E-state index in [0.29, 0.717) is 37.2 Å². The molecule has 9 nitrogen and oxygen atoms in total. The number of aryl methyl sites for hydroxylation is 1. The summed E-state index contributed by atoms with van der Waals surface area (Å²) in [7, 11) is 2.10. The Balaban J connectivity index is 1.38. The fraction of sp³-hybridized carbons (Fsp3) is 0.452. The van der Waals surface area contributed by atoms with Crippen molar-refractivity contribution in [3.63, 3.8) is 0 Å². The van der Waals surface area contributed by atoms with Gasteiger partial charge in [-0.1, -0.05) is 24.8 Å². The lowest BCUT2D eigenvalue weighted by molar-refractivity contribution is -0.131. The highest BCUT2D eigenvalue weighted by Crippen LogP contribution is 2.39. The van der Waals surface area contributed by atoms with Gasteiger partial charge in [0.2, 0.25) is 6.54 Å². The number of hydrogen-bond donors (Lipinski definition) is 0. The molecule has 2 fully saturated rings. The third-order valence-electron chi connectivity index (χ3n) is 8.38. The first-order valence-electron chi connectivity index (χ1n) is 14.4. The standard InChI is InChI=1S/C31H34FN7O2S/c1-20(32)30(40)39-15-14-38(18-23(39)17-33-2)29-25-11-12-26(24-10-4-7-21-8-6-16-42-27(21)24)34-28(25)35-31(36-29)41-19-22-9-5-13-37(22)3/h4,7,10-12,22-23H,1,5-6,8-9,13-19H2,3H3/t22-,23-/m0/s1. The molecule has 218 valence electrons. The number of carbonyl (C=O) groups excluding carboxylic acids is 1. The van der Waals surface area contributed by atoms with Crippen LogP contribution in [0.25, 0.3) is 27.1 Å². The molecule has 2 saturated heterocycles. The van der Waals surface area contributed by atoms with Crippen LogP contribution in [0.15, 0.2) is 47.6 Å². The molecule has 0 spiro atoms. The van der Waals surface area contributed by atoms with E-state index >= 15 is 0 Å². The molecule has 0 unspecified atom stereocenters. The van der Waals surface area contributed by atoms with Crippen molar-refractivity contribution >= 4 is 34.5 Å². The highest BCUT2D eigenvalue weighted by atomic mass is 32.2. The van der Waals surface area contributed by atoms with Gasteiger partial charge in [-0.05, 0) is 62.7 Å². The van der Waals surface area contributed by atoms with E-state index in [-0.39, 0.29) is 19.1 Å². The first-order valence-corrected chi connectivity index (χ1v) is 15.4. The van der Waals surface area contributed by atoms with Gasteiger partial charge in [0.1, 0.15) is 18.5 Å². The molecule has 2 atom stereocenters. The summed E-state index contributed by atoms with van der Waals surface area (Å²) in [6.07, 6.45) is 4.44. The molecule has 3 aliphatic heterocycles. The van der Waals surface area contributed by atoms with Gasteiger partial charge >= 0.3 is 6.01 Å². The minimum atomic E-state index is -1.02. The van der Waals surface area contributed by atoms with E-state index in [4.69, 9.17) is 26.3 Å². The minimum Gasteiger partial charge on any atom is -0.462 e. The Kier molecular flexibility index (Phi) is 8.27. The van der Waals surface area contributed by atoms with Gasteiger partial charge in [-0.25, -0.2) is 15.9 Å². The lowest BCUT2D eigenvalue weighted by Crippen LogP contribution is -2.56. The molecule has 2 aromatic heterocycles. The van der Waals surface area contributed by atoms with Crippen molar-refractivity contribution in [2.24, 2.45) is 0 Å². The fourth-order valence-electron chi connectivity index (χ4n) is 6.11. The smallest absolute Gasteiger partial charge is 0.320 e. The number of pyridine rings is 1. The maximum absolute atomic E-state index is 13.8. The molecule has 0 radical (unpaired) electrons. The zero-order valence-electron chi connectivity index (χ0n) is 23.8. The topological polar surface area (TPSA) is 79.1 Å². The lowest BCUT2D eigenvalue weighted by atomic mass is 10.0. The number of likely N-dealkylation sites (tertiary alicyclic amines) is 1. The number of carbonyl (C=O) groups is 1. The summed E-state index contributed by atoms with van der Waals surface area (Å²) in [4.78, 5) is 37.6. The van der Waals surface area contributed by atoms with E-state index in [2.05, 4.69) is 41.6 Å². The SMILES string of the molecule is [C-]#[N+]C[C@H]1CN(c2nc(OC[C@@H]3CCCN3C)nc3nc(-c4cccc5c4SCCC5)ccc23)CCN1C(=O)C(=C)F. The zero-order chi connectivity index (χ0) is 29.2. The van der Waals surface area contributed by atoms with E-state index in [1.807, 2.05) is 28.8 Å². The molecule has 3 aromatic rings. The number of piperazine rings is 1. The van der Waals surface area contributed by atoms with Gasteiger partial charge < -0.3 is 24.3 Å². The molecule has 0 bridgehead atoms. The number of rotatable bonds is 7. The number of hydrogen-bond acceptors (Lipinski definition) is 8. The van der Waals surface area contributed by atoms with E-state index in [0.717, 1.165) is 48.2 Å². The molecule has 11 heteroatoms. The number of ether oxygens (including phenoxy) is 1. The van der Waals surface area contributed by atoms with Gasteiger partial charge in [0.05, 0.1) is 11.1 Å². The second kappa shape index (κ2) is 12.2. The van der Waals surface area contributed by atoms with Crippen LogP contribution in [0.2, 0.25) is 0 Å². The highest BCUT2D eigenvalue weighted by Gasteiger charge is 2.35. The van der Waals surface area contributed by atoms with E-state index in [1.165, 1.54) is 21.8 Å². The monoisotopic (exact) mass is 587 g/mol. The molecule has 3 aliphatic rings. The van der Waals surface area contributed by atoms with Crippen LogP contribution in [0.1, 0.15) is 24.8 Å². The average Bonchev–Trinajstić information content (AvgIpc) is 3.43. The third-order valence-corrected chi connectivity index (χ3v) is 9.65. The molecule has 5 heterocycles. The van der Waals surface area contributed by atoms with Crippen molar-refractivity contribution in [2.45, 2.75) is 42.7 Å². The van der Waals surface area contributed by atoms with Crippen molar-refractivity contribution in [3.05, 3.63) is 59.7 Å². The van der Waals surface area contributed by atoms with Crippen LogP contribution < -0.4 is 9.64 Å². The Labute approximate surface area is 249 Å². The van der Waals surface area contributed by atoms with Crippen LogP contribution in [0.5, 0.6) is 6.01 Å². The van der Waals surface area contributed by atoms with Gasteiger partial charge in [-0.3, -0.25) is 4.79 Å². The van der Waals surface area contributed by atoms with Gasteiger partial charge in [0.25, 0.3) is 5.91 Å². The van der Waals surface area contributed by atoms with Crippen molar-refractivity contribution in [3.8, 4) is 17.3 Å². The van der Waals surface area contributed by atoms with Crippen molar-refractivity contribution in [1.29, 1.82) is 0 Å². The molecular formula is C31H34FN7O2S. The Hall–Kier alpha value is -3.75. The van der Waals surface area contributed by atoms with Crippen molar-refractivity contribution in [2.75, 3.05) is 57.0 Å². The number of thioether (sulfide) groups is 1. The van der Waals surface area contributed by atoms with Crippen molar-refractivity contribution in [1.82, 2.24) is 24.8 Å². The van der Waals surface area contributed by atoms with Gasteiger partial charge in [-0.15, -0.1) is 11.8 Å². The second-order valence-corrected chi connectivity index (χ2v) is 12.2. The summed E-state index contributed by atoms with van der Waals surface area (Å²) in [5, 5.41) is 0.762. The normalized spacial score (nSPS) is 20.8. The Morgan fingerprint density at radius 2 is 2.05 bits per heavy atom. The molecule has 42 heavy (non-hydrogen) atoms. The van der Waals surface area contributed by atoms with E-state index < -0.39 is 17.8 Å². The number of fused-ring (bicyclic) bond motifs is 2. The largest absolute Gasteiger partial charge is 0.462 e. The predicted octanol–water partition coefficient (Wildman–Crippen LogP) is 4.62. The summed E-state index contributed by atoms with van der Waals surface area (Å²) in [5.74, 6) is -0.0556. The van der Waals surface area contributed by atoms with Crippen LogP contribution >= 0.6 is 11.8 Å². The predicted molar refractivity (Wildman–Crippen MR) is 162 cm³/mol. The van der Waals surface area contributed by atoms with Gasteiger partial charge in [-0.2, -0.15) is 9.97 Å². The van der Waals surface area contributed by atoms with Crippen LogP contribution in [-0.2, 0) is 11.2 Å². The van der Waals surface area contributed by atoms with Crippen LogP contribution in [0.3, 0.4) is 0 Å². The van der Waals surface area contributed by atoms with E-state index in [1.54, 1.807) is 0 Å². The van der Waals surface area contributed by atoms with Crippen molar-refractivity contribution < 1.29 is 13.9 Å². The Bertz CT molecular complexity index is 1560. The van der Waals surface area contributed by atoms with Gasteiger partial charge in [0.15, 0.2) is 11.5 Å². The number of aromatic nitrogens is 3. The molecule has 0 aliphatic carbocycles. The fourth-order valence-corrected chi connectivity index (χ4v) is 7.29. The molecule has 6 rings (SSSR count). The average molecular weight is 588 g/mol. The first-order chi connectivity index (χ1) is 20.4. The number of halogens is 1. The summed E-state index contributed by atoms with van der Waals surface area (Å²) in [5.41, 5.74) is 3.84. The summed E-state index contributed by atoms with van der Waals surface area (Å²) in [6, 6.07) is 10.5. The number of nitrogens with zero attached hydrogens (tertiary/aromatic N) is 7. The maximum Gasteiger partial charge on any atom is 0.320 e. The Morgan fingerprint density at radius 3 is 2.83 bits per heavy atom. The summed E-state index contributed by atoms with van der Waals surface area (Å²) in [6.45, 7) is 13.2. The number of amides is 1. The minimum absolute atomic E-state index is 0.0507. The van der Waals surface area contributed by atoms with Gasteiger partial charge in [0, 0.05) is 36.1 Å². The summed E-state index contributed by atoms with van der Waals surface area (Å²) >= 11 is 1.88. The molecule has 0 N–H and O–H groups in total. The number of benzene rings is 1. The maximum atomic E-state index is 13.8. The number of likely N-dealkylation sites (N-methyl/N-ethyl adjacent to an activating group) is 1. The molecule has 1 amide bonds. The number of anilines is 1. The lowest BCUT2D eigenvalue weighted by Gasteiger charge is -2.39. The van der Waals surface area contributed by atoms with Crippen LogP contribution in [0, 0.1) is 6.57 Å². The Morgan fingerprint density at radius 1 is 1.17 bits per heavy atom. The molecular weight excluding hydrogens is 553 g/mol. The third kappa shape index (κ3) is 5.65. The molecule has 0 saturated carbocycles. The summed E-state index contributed by atoms with van der Waals surface area (Å²) < 4.78 is 20.0. The highest BCUT2D eigenvalue weighted by molar-refractivity contribution is 7.99.